The molecule has 0 spiro atoms. The molecule has 1 heterocycles. The number of nitrogens with one attached hydrogen (secondary N) is 1. The van der Waals surface area contributed by atoms with E-state index in [-0.39, 0.29) is 0 Å². The van der Waals surface area contributed by atoms with E-state index in [1.165, 1.54) is 11.1 Å². The van der Waals surface area contributed by atoms with E-state index >= 15 is 0 Å². The molecule has 0 amide bonds. The molecule has 1 saturated heterocycles. The van der Waals surface area contributed by atoms with Crippen molar-refractivity contribution in [1.29, 1.82) is 0 Å². The Kier molecular flexibility index (Phi) is 6.78. The summed E-state index contributed by atoms with van der Waals surface area (Å²) in [5, 5.41) is 3.50. The summed E-state index contributed by atoms with van der Waals surface area (Å²) < 4.78 is 0. The van der Waals surface area contributed by atoms with Crippen LogP contribution in [0, 0.1) is 0 Å². The fraction of sp³-hybridized carbons (Fsp3) is 0.409. The van der Waals surface area contributed by atoms with Crippen LogP contribution < -0.4 is 5.32 Å². The molecule has 132 valence electrons. The molecule has 3 heteroatoms. The Hall–Kier alpha value is -1.97. The predicted molar refractivity (Wildman–Crippen MR) is 103 cm³/mol. The summed E-state index contributed by atoms with van der Waals surface area (Å²) in [7, 11) is 0. The van der Waals surface area contributed by atoms with Crippen molar-refractivity contribution >= 4 is 6.29 Å². The molecule has 0 bridgehead atoms. The fourth-order valence-electron chi connectivity index (χ4n) is 3.70. The topological polar surface area (TPSA) is 32.3 Å². The molecule has 2 aromatic rings. The molecule has 0 saturated carbocycles. The van der Waals surface area contributed by atoms with E-state index in [2.05, 4.69) is 70.9 Å². The Morgan fingerprint density at radius 1 is 0.960 bits per heavy atom. The smallest absolute Gasteiger partial charge is 0.121 e. The molecule has 25 heavy (non-hydrogen) atoms. The Labute approximate surface area is 151 Å². The van der Waals surface area contributed by atoms with Crippen LogP contribution in [-0.2, 0) is 4.79 Å². The van der Waals surface area contributed by atoms with Crippen molar-refractivity contribution in [2.24, 2.45) is 0 Å². The number of rotatable bonds is 8. The van der Waals surface area contributed by atoms with Crippen molar-refractivity contribution in [3.63, 3.8) is 0 Å². The van der Waals surface area contributed by atoms with Crippen molar-refractivity contribution in [3.05, 3.63) is 71.8 Å². The van der Waals surface area contributed by atoms with Gasteiger partial charge in [-0.1, -0.05) is 60.7 Å². The molecule has 0 aromatic heterocycles. The van der Waals surface area contributed by atoms with Crippen LogP contribution in [0.5, 0.6) is 0 Å². The molecule has 3 rings (SSSR count). The zero-order valence-electron chi connectivity index (χ0n) is 14.8. The van der Waals surface area contributed by atoms with Gasteiger partial charge in [0.1, 0.15) is 6.29 Å². The number of benzene rings is 2. The average molecular weight is 336 g/mol. The summed E-state index contributed by atoms with van der Waals surface area (Å²) in [5.74, 6) is 0.418. The van der Waals surface area contributed by atoms with Crippen LogP contribution in [0.25, 0.3) is 0 Å². The van der Waals surface area contributed by atoms with Gasteiger partial charge >= 0.3 is 0 Å². The molecule has 1 aliphatic rings. The second-order valence-corrected chi connectivity index (χ2v) is 6.86. The van der Waals surface area contributed by atoms with Crippen LogP contribution in [0.1, 0.15) is 36.3 Å². The van der Waals surface area contributed by atoms with Crippen LogP contribution in [0.3, 0.4) is 0 Å². The van der Waals surface area contributed by atoms with Gasteiger partial charge < -0.3 is 15.0 Å². The maximum atomic E-state index is 10.4. The highest BCUT2D eigenvalue weighted by atomic mass is 16.1. The summed E-state index contributed by atoms with van der Waals surface area (Å²) >= 11 is 0. The van der Waals surface area contributed by atoms with Crippen LogP contribution in [-0.4, -0.2) is 43.4 Å². The van der Waals surface area contributed by atoms with E-state index in [0.29, 0.717) is 18.4 Å². The van der Waals surface area contributed by atoms with Crippen LogP contribution >= 0.6 is 0 Å². The van der Waals surface area contributed by atoms with Gasteiger partial charge in [-0.05, 0) is 37.1 Å². The SMILES string of the molecule is O=CCCNC1CCN(CC(c2ccccc2)c2ccccc2)CC1. The first-order valence-corrected chi connectivity index (χ1v) is 9.36. The first-order valence-electron chi connectivity index (χ1n) is 9.36. The third-order valence-electron chi connectivity index (χ3n) is 5.13. The zero-order valence-corrected chi connectivity index (χ0v) is 14.8. The average Bonchev–Trinajstić information content (AvgIpc) is 2.69. The lowest BCUT2D eigenvalue weighted by Crippen LogP contribution is -2.44. The minimum atomic E-state index is 0.418. The number of aldehydes is 1. The Morgan fingerprint density at radius 2 is 1.52 bits per heavy atom. The molecule has 0 radical (unpaired) electrons. The van der Waals surface area contributed by atoms with Crippen molar-refractivity contribution in [2.45, 2.75) is 31.2 Å². The summed E-state index contributed by atoms with van der Waals surface area (Å²) in [4.78, 5) is 13.0. The normalized spacial score (nSPS) is 16.2. The minimum absolute atomic E-state index is 0.418. The Balaban J connectivity index is 1.61. The molecule has 0 atom stereocenters. The number of likely N-dealkylation sites (tertiary alicyclic amines) is 1. The highest BCUT2D eigenvalue weighted by molar-refractivity contribution is 5.49. The lowest BCUT2D eigenvalue weighted by Gasteiger charge is -2.35. The molecule has 1 N–H and O–H groups in total. The summed E-state index contributed by atoms with van der Waals surface area (Å²) in [6, 6.07) is 22.2. The van der Waals surface area contributed by atoms with E-state index in [1.54, 1.807) is 0 Å². The van der Waals surface area contributed by atoms with Gasteiger partial charge in [-0.25, -0.2) is 0 Å². The monoisotopic (exact) mass is 336 g/mol. The summed E-state index contributed by atoms with van der Waals surface area (Å²) in [6.07, 6.45) is 3.93. The standard InChI is InChI=1S/C22H28N2O/c25-17-7-14-23-21-12-15-24(16-13-21)18-22(19-8-3-1-4-9-19)20-10-5-2-6-11-20/h1-6,8-11,17,21-23H,7,12-16,18H2. The maximum Gasteiger partial charge on any atom is 0.121 e. The molecular weight excluding hydrogens is 308 g/mol. The van der Waals surface area contributed by atoms with Crippen molar-refractivity contribution in [1.82, 2.24) is 10.2 Å². The van der Waals surface area contributed by atoms with Gasteiger partial charge in [-0.15, -0.1) is 0 Å². The van der Waals surface area contributed by atoms with Crippen LogP contribution in [0.15, 0.2) is 60.7 Å². The van der Waals surface area contributed by atoms with Gasteiger partial charge in [-0.2, -0.15) is 0 Å². The van der Waals surface area contributed by atoms with Crippen molar-refractivity contribution in [3.8, 4) is 0 Å². The van der Waals surface area contributed by atoms with Crippen molar-refractivity contribution in [2.75, 3.05) is 26.2 Å². The van der Waals surface area contributed by atoms with Gasteiger partial charge in [-0.3, -0.25) is 0 Å². The molecule has 2 aromatic carbocycles. The number of hydrogen-bond donors (Lipinski definition) is 1. The van der Waals surface area contributed by atoms with E-state index in [9.17, 15) is 4.79 Å². The maximum absolute atomic E-state index is 10.4. The third kappa shape index (κ3) is 5.25. The molecule has 0 unspecified atom stereocenters. The number of carbonyl (C=O) groups is 1. The molecule has 1 fully saturated rings. The number of carbonyl (C=O) groups excluding carboxylic acids is 1. The molecule has 0 aliphatic carbocycles. The van der Waals surface area contributed by atoms with E-state index in [4.69, 9.17) is 0 Å². The Morgan fingerprint density at radius 3 is 2.04 bits per heavy atom. The van der Waals surface area contributed by atoms with E-state index < -0.39 is 0 Å². The van der Waals surface area contributed by atoms with Gasteiger partial charge in [0, 0.05) is 31.5 Å². The fourth-order valence-corrected chi connectivity index (χ4v) is 3.70. The van der Waals surface area contributed by atoms with Gasteiger partial charge in [0.2, 0.25) is 0 Å². The van der Waals surface area contributed by atoms with Gasteiger partial charge in [0.15, 0.2) is 0 Å². The highest BCUT2D eigenvalue weighted by Gasteiger charge is 2.23. The van der Waals surface area contributed by atoms with Crippen LogP contribution in [0.4, 0.5) is 0 Å². The molecule has 1 aliphatic heterocycles. The number of piperidine rings is 1. The second-order valence-electron chi connectivity index (χ2n) is 6.86. The highest BCUT2D eigenvalue weighted by Crippen LogP contribution is 2.26. The van der Waals surface area contributed by atoms with Gasteiger partial charge in [0.05, 0.1) is 0 Å². The minimum Gasteiger partial charge on any atom is -0.313 e. The first-order chi connectivity index (χ1) is 12.4. The van der Waals surface area contributed by atoms with E-state index in [0.717, 1.165) is 45.3 Å². The lowest BCUT2D eigenvalue weighted by atomic mass is 9.90. The third-order valence-corrected chi connectivity index (χ3v) is 5.13. The van der Waals surface area contributed by atoms with Crippen LogP contribution in [0.2, 0.25) is 0 Å². The molecule has 3 nitrogen and oxygen atoms in total. The summed E-state index contributed by atoms with van der Waals surface area (Å²) in [5.41, 5.74) is 2.78. The summed E-state index contributed by atoms with van der Waals surface area (Å²) in [6.45, 7) is 4.11. The quantitative estimate of drug-likeness (QED) is 0.592. The predicted octanol–water partition coefficient (Wildman–Crippen LogP) is 3.46. The zero-order chi connectivity index (χ0) is 17.3. The Bertz CT molecular complexity index is 581. The second kappa shape index (κ2) is 9.50. The lowest BCUT2D eigenvalue weighted by molar-refractivity contribution is -0.107. The van der Waals surface area contributed by atoms with E-state index in [1.807, 2.05) is 0 Å². The van der Waals surface area contributed by atoms with Crippen molar-refractivity contribution < 1.29 is 4.79 Å². The van der Waals surface area contributed by atoms with Gasteiger partial charge in [0.25, 0.3) is 0 Å². The number of nitrogens with zero attached hydrogens (tertiary/aromatic N) is 1. The molecular formula is C22H28N2O. The number of hydrogen-bond acceptors (Lipinski definition) is 3. The largest absolute Gasteiger partial charge is 0.313 e. The first kappa shape index (κ1) is 17.8.